The fourth-order valence-electron chi connectivity index (χ4n) is 6.99. The van der Waals surface area contributed by atoms with E-state index in [9.17, 15) is 10.8 Å². The third kappa shape index (κ3) is 2.72. The van der Waals surface area contributed by atoms with Crippen molar-refractivity contribution in [2.24, 2.45) is 0 Å². The first kappa shape index (κ1) is 21.6. The molecule has 184 valence electrons. The van der Waals surface area contributed by atoms with E-state index in [1.165, 1.54) is 53.9 Å². The lowest BCUT2D eigenvalue weighted by molar-refractivity contribution is 1.49. The van der Waals surface area contributed by atoms with Crippen molar-refractivity contribution in [3.8, 4) is 0 Å². The van der Waals surface area contributed by atoms with Crippen LogP contribution < -0.4 is 0 Å². The molecule has 0 fully saturated rings. The lowest BCUT2D eigenvalue weighted by atomic mass is 9.82. The predicted octanol–water partition coefficient (Wildman–Crippen LogP) is 10.0. The Balaban J connectivity index is 1.27. The van der Waals surface area contributed by atoms with Crippen molar-refractivity contribution in [3.63, 3.8) is 0 Å². The van der Waals surface area contributed by atoms with Crippen LogP contribution in [0.25, 0.3) is 75.8 Å². The predicted molar refractivity (Wildman–Crippen MR) is 172 cm³/mol. The van der Waals surface area contributed by atoms with Gasteiger partial charge < -0.3 is 0 Å². The van der Waals surface area contributed by atoms with Gasteiger partial charge in [-0.3, -0.25) is 10.8 Å². The first-order valence-corrected chi connectivity index (χ1v) is 13.6. The van der Waals surface area contributed by atoms with E-state index >= 15 is 0 Å². The summed E-state index contributed by atoms with van der Waals surface area (Å²) in [7, 11) is 0. The van der Waals surface area contributed by atoms with Crippen molar-refractivity contribution >= 4 is 87.2 Å². The number of rotatable bonds is 2. The van der Waals surface area contributed by atoms with E-state index < -0.39 is 0 Å². The van der Waals surface area contributed by atoms with Crippen LogP contribution in [0, 0.1) is 10.8 Å². The zero-order valence-electron chi connectivity index (χ0n) is 21.5. The molecule has 0 saturated carbocycles. The Morgan fingerprint density at radius 2 is 0.650 bits per heavy atom. The molecule has 2 N–H and O–H groups in total. The Labute approximate surface area is 230 Å². The van der Waals surface area contributed by atoms with Gasteiger partial charge in [-0.1, -0.05) is 121 Å². The molecule has 0 radical (unpaired) electrons. The van der Waals surface area contributed by atoms with Gasteiger partial charge in [-0.25, -0.2) is 0 Å². The van der Waals surface area contributed by atoms with Gasteiger partial charge >= 0.3 is 0 Å². The molecule has 1 aliphatic rings. The maximum Gasteiger partial charge on any atom is 0.0874 e. The third-order valence-electron chi connectivity index (χ3n) is 8.84. The van der Waals surface area contributed by atoms with Gasteiger partial charge in [0, 0.05) is 11.1 Å². The molecule has 40 heavy (non-hydrogen) atoms. The molecule has 2 nitrogen and oxygen atoms in total. The maximum absolute atomic E-state index is 9.19. The Hall–Kier alpha value is -5.34. The average Bonchev–Trinajstić information content (AvgIpc) is 3.00. The summed E-state index contributed by atoms with van der Waals surface area (Å²) >= 11 is 0. The fourth-order valence-corrected chi connectivity index (χ4v) is 6.99. The zero-order valence-corrected chi connectivity index (χ0v) is 21.5. The van der Waals surface area contributed by atoms with Gasteiger partial charge in [-0.2, -0.15) is 0 Å². The molecule has 0 unspecified atom stereocenters. The van der Waals surface area contributed by atoms with Gasteiger partial charge in [0.25, 0.3) is 0 Å². The summed E-state index contributed by atoms with van der Waals surface area (Å²) in [5.74, 6) is 0. The van der Waals surface area contributed by atoms with E-state index in [1.54, 1.807) is 0 Å². The molecule has 0 aromatic heterocycles. The number of hydrogen-bond donors (Lipinski definition) is 2. The fraction of sp³-hybridized carbons (Fsp3) is 0. The van der Waals surface area contributed by atoms with Gasteiger partial charge in [-0.05, 0) is 75.8 Å². The molecule has 0 atom stereocenters. The van der Waals surface area contributed by atoms with Crippen molar-refractivity contribution in [3.05, 3.63) is 132 Å². The molecule has 1 aliphatic carbocycles. The summed E-state index contributed by atoms with van der Waals surface area (Å²) in [6.07, 6.45) is 4.08. The van der Waals surface area contributed by atoms with Crippen molar-refractivity contribution in [1.29, 1.82) is 10.8 Å². The molecular formula is C38H22N2. The largest absolute Gasteiger partial charge is 0.298 e. The van der Waals surface area contributed by atoms with Crippen molar-refractivity contribution < 1.29 is 0 Å². The van der Waals surface area contributed by atoms with Gasteiger partial charge in [-0.15, -0.1) is 0 Å². The second-order valence-corrected chi connectivity index (χ2v) is 10.8. The minimum atomic E-state index is 0.262. The molecule has 2 heteroatoms. The highest BCUT2D eigenvalue weighted by molar-refractivity contribution is 6.69. The van der Waals surface area contributed by atoms with E-state index in [0.717, 1.165) is 33.0 Å². The van der Waals surface area contributed by atoms with Crippen molar-refractivity contribution in [2.75, 3.05) is 0 Å². The first-order valence-electron chi connectivity index (χ1n) is 13.6. The molecule has 8 aromatic rings. The number of allylic oxidation sites excluding steroid dienone is 4. The summed E-state index contributed by atoms with van der Waals surface area (Å²) in [6.45, 7) is 0. The lowest BCUT2D eigenvalue weighted by Gasteiger charge is -2.22. The topological polar surface area (TPSA) is 47.7 Å². The van der Waals surface area contributed by atoms with Crippen molar-refractivity contribution in [2.45, 2.75) is 0 Å². The Kier molecular flexibility index (Phi) is 4.11. The smallest absolute Gasteiger partial charge is 0.0874 e. The molecule has 8 aromatic carbocycles. The first-order chi connectivity index (χ1) is 19.7. The SMILES string of the molecule is N=C1C(=N)C(c2ccc3ccc4cccc5ccc2c3c45)=CC=C1c1ccc2ccc3cccc4ccc1c2c34. The van der Waals surface area contributed by atoms with Crippen LogP contribution in [-0.2, 0) is 0 Å². The Morgan fingerprint density at radius 3 is 1.05 bits per heavy atom. The van der Waals surface area contributed by atoms with Gasteiger partial charge in [0.15, 0.2) is 0 Å². The second-order valence-electron chi connectivity index (χ2n) is 10.8. The highest BCUT2D eigenvalue weighted by atomic mass is 14.6. The quantitative estimate of drug-likeness (QED) is 0.173. The van der Waals surface area contributed by atoms with Crippen LogP contribution in [0.15, 0.2) is 121 Å². The monoisotopic (exact) mass is 506 g/mol. The molecule has 0 spiro atoms. The van der Waals surface area contributed by atoms with Crippen LogP contribution in [0.1, 0.15) is 11.1 Å². The van der Waals surface area contributed by atoms with Crippen molar-refractivity contribution in [1.82, 2.24) is 0 Å². The Morgan fingerprint density at radius 1 is 0.325 bits per heavy atom. The van der Waals surface area contributed by atoms with E-state index in [-0.39, 0.29) is 11.4 Å². The average molecular weight is 507 g/mol. The maximum atomic E-state index is 9.19. The molecular weight excluding hydrogens is 484 g/mol. The minimum absolute atomic E-state index is 0.262. The van der Waals surface area contributed by atoms with Crippen LogP contribution in [0.3, 0.4) is 0 Å². The van der Waals surface area contributed by atoms with Crippen LogP contribution >= 0.6 is 0 Å². The van der Waals surface area contributed by atoms with E-state index in [0.29, 0.717) is 0 Å². The summed E-state index contributed by atoms with van der Waals surface area (Å²) < 4.78 is 0. The van der Waals surface area contributed by atoms with Gasteiger partial charge in [0.05, 0.1) is 11.4 Å². The van der Waals surface area contributed by atoms with Crippen LogP contribution in [0.2, 0.25) is 0 Å². The number of hydrogen-bond acceptors (Lipinski definition) is 2. The third-order valence-corrected chi connectivity index (χ3v) is 8.84. The normalized spacial score (nSPS) is 14.4. The summed E-state index contributed by atoms with van der Waals surface area (Å²) in [6, 6.07) is 38.9. The Bertz CT molecular complexity index is 2250. The molecule has 0 heterocycles. The summed E-state index contributed by atoms with van der Waals surface area (Å²) in [5.41, 5.74) is 4.13. The molecule has 0 amide bonds. The lowest BCUT2D eigenvalue weighted by Crippen LogP contribution is -2.19. The van der Waals surface area contributed by atoms with E-state index in [4.69, 9.17) is 0 Å². The van der Waals surface area contributed by atoms with Gasteiger partial charge in [0.1, 0.15) is 0 Å². The van der Waals surface area contributed by atoms with Gasteiger partial charge in [0.2, 0.25) is 0 Å². The number of nitrogens with one attached hydrogen (secondary N) is 2. The standard InChI is InChI=1S/C38H22N2/c39-37-31(27-15-11-25-9-7-21-3-1-5-23-13-17-29(27)35(25)33(21)23)19-20-32(38(37)40)28-16-12-26-10-8-22-4-2-6-24-14-18-30(28)36(26)34(22)24/h1-20,39-40H. The van der Waals surface area contributed by atoms with Crippen LogP contribution in [0.5, 0.6) is 0 Å². The molecule has 0 aliphatic heterocycles. The summed E-state index contributed by atoms with van der Waals surface area (Å²) in [4.78, 5) is 0. The second kappa shape index (κ2) is 7.62. The highest BCUT2D eigenvalue weighted by Crippen LogP contribution is 2.41. The van der Waals surface area contributed by atoms with Crippen LogP contribution in [0.4, 0.5) is 0 Å². The minimum Gasteiger partial charge on any atom is -0.298 e. The van der Waals surface area contributed by atoms with E-state index in [1.807, 2.05) is 12.2 Å². The van der Waals surface area contributed by atoms with E-state index in [2.05, 4.69) is 109 Å². The van der Waals surface area contributed by atoms with Crippen LogP contribution in [-0.4, -0.2) is 11.4 Å². The molecule has 9 rings (SSSR count). The highest BCUT2D eigenvalue weighted by Gasteiger charge is 2.25. The molecule has 0 bridgehead atoms. The zero-order chi connectivity index (χ0) is 26.5. The summed E-state index contributed by atoms with van der Waals surface area (Å²) in [5, 5.41) is 32.9. The molecule has 0 saturated heterocycles. The number of benzene rings is 8.